The highest BCUT2D eigenvalue weighted by molar-refractivity contribution is 7.14. The standard InChI is InChI=1S/C16H17FN4O4S/c1-9(23)18-7-11-8-21(16(24)25-11)10-2-3-12(13(17)6-10)15-20-19-14(26-15)4-5-22/h2-3,6,11,22H,4-5,7-8H2,1H3,(H,18,23). The molecule has 10 heteroatoms. The Balaban J connectivity index is 1.74. The van der Waals surface area contributed by atoms with Crippen molar-refractivity contribution in [3.8, 4) is 10.6 Å². The first-order valence-corrected chi connectivity index (χ1v) is 8.75. The van der Waals surface area contributed by atoms with E-state index in [0.717, 1.165) is 0 Å². The molecule has 2 amide bonds. The van der Waals surface area contributed by atoms with Crippen molar-refractivity contribution < 1.29 is 23.8 Å². The summed E-state index contributed by atoms with van der Waals surface area (Å²) in [4.78, 5) is 24.3. The van der Waals surface area contributed by atoms with E-state index in [4.69, 9.17) is 9.84 Å². The Morgan fingerprint density at radius 1 is 1.50 bits per heavy atom. The van der Waals surface area contributed by atoms with Gasteiger partial charge in [-0.1, -0.05) is 11.3 Å². The minimum atomic E-state index is -0.589. The monoisotopic (exact) mass is 380 g/mol. The molecule has 0 aliphatic carbocycles. The van der Waals surface area contributed by atoms with E-state index >= 15 is 0 Å². The number of aliphatic hydroxyl groups is 1. The summed E-state index contributed by atoms with van der Waals surface area (Å²) in [5.74, 6) is -0.750. The number of aliphatic hydroxyl groups excluding tert-OH is 1. The molecule has 1 aromatic heterocycles. The van der Waals surface area contributed by atoms with Crippen molar-refractivity contribution in [3.63, 3.8) is 0 Å². The number of benzene rings is 1. The second kappa shape index (κ2) is 7.75. The van der Waals surface area contributed by atoms with Crippen LogP contribution in [0.3, 0.4) is 0 Å². The van der Waals surface area contributed by atoms with Crippen LogP contribution in [0.2, 0.25) is 0 Å². The van der Waals surface area contributed by atoms with Crippen LogP contribution < -0.4 is 10.2 Å². The minimum Gasteiger partial charge on any atom is -0.442 e. The number of aromatic nitrogens is 2. The third kappa shape index (κ3) is 3.97. The third-order valence-corrected chi connectivity index (χ3v) is 4.76. The molecule has 138 valence electrons. The number of halogens is 1. The molecule has 1 aliphatic heterocycles. The number of nitrogens with one attached hydrogen (secondary N) is 1. The predicted molar refractivity (Wildman–Crippen MR) is 92.4 cm³/mol. The molecule has 1 aromatic carbocycles. The molecular weight excluding hydrogens is 363 g/mol. The van der Waals surface area contributed by atoms with Gasteiger partial charge in [-0.3, -0.25) is 9.69 Å². The van der Waals surface area contributed by atoms with Crippen LogP contribution in [0.4, 0.5) is 14.9 Å². The Morgan fingerprint density at radius 2 is 2.31 bits per heavy atom. The number of cyclic esters (lactones) is 1. The number of amides is 2. The summed E-state index contributed by atoms with van der Waals surface area (Å²) in [6, 6.07) is 4.38. The van der Waals surface area contributed by atoms with E-state index in [2.05, 4.69) is 15.5 Å². The van der Waals surface area contributed by atoms with Crippen molar-refractivity contribution in [1.29, 1.82) is 0 Å². The highest BCUT2D eigenvalue weighted by atomic mass is 32.1. The molecule has 2 N–H and O–H groups in total. The van der Waals surface area contributed by atoms with Crippen LogP contribution in [0.15, 0.2) is 18.2 Å². The van der Waals surface area contributed by atoms with Crippen LogP contribution in [0.1, 0.15) is 11.9 Å². The molecule has 8 nitrogen and oxygen atoms in total. The van der Waals surface area contributed by atoms with Crippen LogP contribution in [-0.2, 0) is 16.0 Å². The quantitative estimate of drug-likeness (QED) is 0.784. The lowest BCUT2D eigenvalue weighted by Crippen LogP contribution is -2.33. The largest absolute Gasteiger partial charge is 0.442 e. The molecular formula is C16H17FN4O4S. The van der Waals surface area contributed by atoms with Crippen molar-refractivity contribution in [2.75, 3.05) is 24.6 Å². The van der Waals surface area contributed by atoms with E-state index in [1.165, 1.54) is 35.3 Å². The zero-order valence-corrected chi connectivity index (χ0v) is 14.8. The maximum atomic E-state index is 14.5. The zero-order chi connectivity index (χ0) is 18.7. The van der Waals surface area contributed by atoms with E-state index < -0.39 is 18.0 Å². The number of nitrogens with zero attached hydrogens (tertiary/aromatic N) is 3. The summed E-state index contributed by atoms with van der Waals surface area (Å²) in [5.41, 5.74) is 0.638. The van der Waals surface area contributed by atoms with E-state index in [9.17, 15) is 14.0 Å². The summed E-state index contributed by atoms with van der Waals surface area (Å²) < 4.78 is 19.7. The average Bonchev–Trinajstić information content (AvgIpc) is 3.20. The SMILES string of the molecule is CC(=O)NCC1CN(c2ccc(-c3nnc(CCO)s3)c(F)c2)C(=O)O1. The minimum absolute atomic E-state index is 0.0488. The van der Waals surface area contributed by atoms with Gasteiger partial charge in [-0.25, -0.2) is 9.18 Å². The predicted octanol–water partition coefficient (Wildman–Crippen LogP) is 1.34. The Hall–Kier alpha value is -2.59. The molecule has 0 radical (unpaired) electrons. The first-order valence-electron chi connectivity index (χ1n) is 7.93. The fourth-order valence-corrected chi connectivity index (χ4v) is 3.36. The van der Waals surface area contributed by atoms with E-state index in [-0.39, 0.29) is 31.2 Å². The molecule has 0 spiro atoms. The second-order valence-corrected chi connectivity index (χ2v) is 6.75. The number of hydrogen-bond acceptors (Lipinski definition) is 7. The molecule has 0 bridgehead atoms. The maximum Gasteiger partial charge on any atom is 0.414 e. The maximum absolute atomic E-state index is 14.5. The number of anilines is 1. The Kier molecular flexibility index (Phi) is 5.43. The summed E-state index contributed by atoms with van der Waals surface area (Å²) in [7, 11) is 0. The number of carbonyl (C=O) groups is 2. The van der Waals surface area contributed by atoms with Gasteiger partial charge in [0.05, 0.1) is 18.8 Å². The van der Waals surface area contributed by atoms with Gasteiger partial charge < -0.3 is 15.2 Å². The van der Waals surface area contributed by atoms with Crippen LogP contribution in [0.25, 0.3) is 10.6 Å². The first kappa shape index (κ1) is 18.2. The Labute approximate surface area is 152 Å². The summed E-state index contributed by atoms with van der Waals surface area (Å²) >= 11 is 1.21. The van der Waals surface area contributed by atoms with Gasteiger partial charge in [0, 0.05) is 25.5 Å². The zero-order valence-electron chi connectivity index (χ0n) is 13.9. The van der Waals surface area contributed by atoms with Gasteiger partial charge in [0.15, 0.2) is 5.01 Å². The number of carbonyl (C=O) groups excluding carboxylic acids is 2. The highest BCUT2D eigenvalue weighted by Gasteiger charge is 2.32. The first-order chi connectivity index (χ1) is 12.5. The number of hydrogen-bond donors (Lipinski definition) is 2. The van der Waals surface area contributed by atoms with Crippen molar-refractivity contribution in [2.24, 2.45) is 0 Å². The van der Waals surface area contributed by atoms with E-state index in [1.807, 2.05) is 0 Å². The normalized spacial score (nSPS) is 16.7. The average molecular weight is 380 g/mol. The lowest BCUT2D eigenvalue weighted by Gasteiger charge is -2.14. The number of rotatable bonds is 6. The molecule has 1 unspecified atom stereocenters. The molecule has 0 saturated carbocycles. The summed E-state index contributed by atoms with van der Waals surface area (Å²) in [5, 5.41) is 20.4. The van der Waals surface area contributed by atoms with Crippen LogP contribution in [-0.4, -0.2) is 53.1 Å². The van der Waals surface area contributed by atoms with Crippen molar-refractivity contribution in [3.05, 3.63) is 29.0 Å². The molecule has 1 aliphatic rings. The fraction of sp³-hybridized carbons (Fsp3) is 0.375. The highest BCUT2D eigenvalue weighted by Crippen LogP contribution is 2.30. The van der Waals surface area contributed by atoms with Gasteiger partial charge in [0.25, 0.3) is 0 Å². The molecule has 2 aromatic rings. The van der Waals surface area contributed by atoms with E-state index in [1.54, 1.807) is 6.07 Å². The van der Waals surface area contributed by atoms with Crippen molar-refractivity contribution in [2.45, 2.75) is 19.4 Å². The van der Waals surface area contributed by atoms with Gasteiger partial charge in [-0.2, -0.15) is 0 Å². The summed E-state index contributed by atoms with van der Waals surface area (Å²) in [6.07, 6.45) is -0.709. The fourth-order valence-electron chi connectivity index (χ4n) is 2.50. The lowest BCUT2D eigenvalue weighted by atomic mass is 10.2. The van der Waals surface area contributed by atoms with Gasteiger partial charge in [0.2, 0.25) is 5.91 Å². The van der Waals surface area contributed by atoms with Crippen LogP contribution in [0, 0.1) is 5.82 Å². The van der Waals surface area contributed by atoms with Gasteiger partial charge in [-0.05, 0) is 18.2 Å². The Morgan fingerprint density at radius 3 is 3.00 bits per heavy atom. The molecule has 26 heavy (non-hydrogen) atoms. The van der Waals surface area contributed by atoms with Crippen molar-refractivity contribution in [1.82, 2.24) is 15.5 Å². The Bertz CT molecular complexity index is 828. The van der Waals surface area contributed by atoms with Gasteiger partial charge in [-0.15, -0.1) is 10.2 Å². The summed E-state index contributed by atoms with van der Waals surface area (Å²) in [6.45, 7) is 1.75. The molecule has 3 rings (SSSR count). The third-order valence-electron chi connectivity index (χ3n) is 3.74. The van der Waals surface area contributed by atoms with Crippen LogP contribution in [0.5, 0.6) is 0 Å². The van der Waals surface area contributed by atoms with Gasteiger partial charge >= 0.3 is 6.09 Å². The second-order valence-electron chi connectivity index (χ2n) is 5.69. The number of ether oxygens (including phenoxy) is 1. The van der Waals surface area contributed by atoms with Crippen molar-refractivity contribution >= 4 is 29.0 Å². The smallest absolute Gasteiger partial charge is 0.414 e. The topological polar surface area (TPSA) is 105 Å². The molecule has 1 fully saturated rings. The van der Waals surface area contributed by atoms with Crippen LogP contribution >= 0.6 is 11.3 Å². The molecule has 1 saturated heterocycles. The lowest BCUT2D eigenvalue weighted by molar-refractivity contribution is -0.119. The van der Waals surface area contributed by atoms with E-state index in [0.29, 0.717) is 22.1 Å². The molecule has 1 atom stereocenters. The van der Waals surface area contributed by atoms with Gasteiger partial charge in [0.1, 0.15) is 16.9 Å². The molecule has 2 heterocycles.